The van der Waals surface area contributed by atoms with Crippen LogP contribution >= 0.6 is 0 Å². The number of rotatable bonds is 5. The lowest BCUT2D eigenvalue weighted by Crippen LogP contribution is -2.44. The van der Waals surface area contributed by atoms with Crippen molar-refractivity contribution in [3.63, 3.8) is 0 Å². The Labute approximate surface area is 121 Å². The second-order valence-corrected chi connectivity index (χ2v) is 7.14. The minimum absolute atomic E-state index is 0.411. The van der Waals surface area contributed by atoms with Crippen molar-refractivity contribution in [2.75, 3.05) is 25.9 Å². The summed E-state index contributed by atoms with van der Waals surface area (Å²) in [4.78, 5) is 0. The van der Waals surface area contributed by atoms with Crippen LogP contribution in [0.15, 0.2) is 36.4 Å². The molecule has 1 fully saturated rings. The second kappa shape index (κ2) is 7.02. The molecule has 1 aromatic rings. The molecule has 1 heterocycles. The molecular formula is C15H22N2O2S. The van der Waals surface area contributed by atoms with Gasteiger partial charge in [-0.3, -0.25) is 0 Å². The van der Waals surface area contributed by atoms with Crippen molar-refractivity contribution >= 4 is 16.1 Å². The summed E-state index contributed by atoms with van der Waals surface area (Å²) in [5, 5.41) is 3.46. The number of nitrogens with zero attached hydrogens (tertiary/aromatic N) is 1. The summed E-state index contributed by atoms with van der Waals surface area (Å²) in [6, 6.07) is 10.6. The molecule has 0 bridgehead atoms. The normalized spacial score (nSPS) is 18.6. The van der Waals surface area contributed by atoms with Crippen molar-refractivity contribution < 1.29 is 8.42 Å². The lowest BCUT2D eigenvalue weighted by molar-refractivity contribution is 0.296. The zero-order valence-corrected chi connectivity index (χ0v) is 12.6. The second-order valence-electron chi connectivity index (χ2n) is 5.16. The van der Waals surface area contributed by atoms with Gasteiger partial charge in [0, 0.05) is 25.7 Å². The Morgan fingerprint density at radius 1 is 1.25 bits per heavy atom. The van der Waals surface area contributed by atoms with Gasteiger partial charge in [-0.25, -0.2) is 12.7 Å². The molecule has 110 valence electrons. The van der Waals surface area contributed by atoms with Crippen LogP contribution in [-0.2, 0) is 10.0 Å². The first-order valence-corrected chi connectivity index (χ1v) is 8.80. The molecule has 0 saturated carbocycles. The fourth-order valence-electron chi connectivity index (χ4n) is 2.39. The van der Waals surface area contributed by atoms with Crippen LogP contribution < -0.4 is 5.32 Å². The van der Waals surface area contributed by atoms with E-state index in [0.717, 1.165) is 19.4 Å². The highest BCUT2D eigenvalue weighted by atomic mass is 32.2. The molecule has 0 amide bonds. The number of benzene rings is 1. The van der Waals surface area contributed by atoms with Gasteiger partial charge in [0.05, 0.1) is 6.26 Å². The van der Waals surface area contributed by atoms with Crippen molar-refractivity contribution in [1.29, 1.82) is 0 Å². The van der Waals surface area contributed by atoms with Gasteiger partial charge in [0.15, 0.2) is 0 Å². The molecule has 0 unspecified atom stereocenters. The summed E-state index contributed by atoms with van der Waals surface area (Å²) in [7, 11) is -3.02. The Morgan fingerprint density at radius 2 is 1.90 bits per heavy atom. The van der Waals surface area contributed by atoms with E-state index in [1.54, 1.807) is 4.31 Å². The number of hydrogen-bond donors (Lipinski definition) is 1. The molecular weight excluding hydrogens is 272 g/mol. The topological polar surface area (TPSA) is 49.4 Å². The van der Waals surface area contributed by atoms with E-state index in [1.165, 1.54) is 11.8 Å². The summed E-state index contributed by atoms with van der Waals surface area (Å²) >= 11 is 0. The van der Waals surface area contributed by atoms with Crippen LogP contribution in [0.3, 0.4) is 0 Å². The molecule has 0 aromatic heterocycles. The predicted octanol–water partition coefficient (Wildman–Crippen LogP) is 1.71. The SMILES string of the molecule is CS(=O)(=O)N1CCC(NCC=Cc2ccccc2)CC1. The zero-order valence-electron chi connectivity index (χ0n) is 11.8. The van der Waals surface area contributed by atoms with E-state index in [2.05, 4.69) is 29.6 Å². The molecule has 1 N–H and O–H groups in total. The molecule has 2 rings (SSSR count). The van der Waals surface area contributed by atoms with Crippen LogP contribution in [0.4, 0.5) is 0 Å². The average Bonchev–Trinajstić information content (AvgIpc) is 2.44. The minimum Gasteiger partial charge on any atom is -0.310 e. The van der Waals surface area contributed by atoms with Crippen molar-refractivity contribution in [1.82, 2.24) is 9.62 Å². The van der Waals surface area contributed by atoms with Gasteiger partial charge in [-0.1, -0.05) is 42.5 Å². The van der Waals surface area contributed by atoms with Crippen molar-refractivity contribution in [3.05, 3.63) is 42.0 Å². The Hall–Kier alpha value is -1.17. The number of nitrogens with one attached hydrogen (secondary N) is 1. The van der Waals surface area contributed by atoms with E-state index >= 15 is 0 Å². The Bertz CT molecular complexity index is 532. The van der Waals surface area contributed by atoms with Gasteiger partial charge >= 0.3 is 0 Å². The first-order chi connectivity index (χ1) is 9.55. The molecule has 1 aromatic carbocycles. The highest BCUT2D eigenvalue weighted by Crippen LogP contribution is 2.13. The molecule has 0 radical (unpaired) electrons. The molecule has 1 aliphatic heterocycles. The monoisotopic (exact) mass is 294 g/mol. The predicted molar refractivity (Wildman–Crippen MR) is 82.9 cm³/mol. The van der Waals surface area contributed by atoms with Crippen LogP contribution in [0.2, 0.25) is 0 Å². The van der Waals surface area contributed by atoms with E-state index in [9.17, 15) is 8.42 Å². The smallest absolute Gasteiger partial charge is 0.211 e. The third-order valence-electron chi connectivity index (χ3n) is 3.56. The third kappa shape index (κ3) is 4.74. The van der Waals surface area contributed by atoms with E-state index in [4.69, 9.17) is 0 Å². The number of piperidine rings is 1. The highest BCUT2D eigenvalue weighted by molar-refractivity contribution is 7.88. The lowest BCUT2D eigenvalue weighted by atomic mass is 10.1. The highest BCUT2D eigenvalue weighted by Gasteiger charge is 2.23. The van der Waals surface area contributed by atoms with Gasteiger partial charge in [0.25, 0.3) is 0 Å². The fourth-order valence-corrected chi connectivity index (χ4v) is 3.26. The molecule has 20 heavy (non-hydrogen) atoms. The molecule has 0 atom stereocenters. The number of sulfonamides is 1. The van der Waals surface area contributed by atoms with Gasteiger partial charge in [-0.2, -0.15) is 0 Å². The zero-order chi connectivity index (χ0) is 14.4. The molecule has 5 heteroatoms. The molecule has 4 nitrogen and oxygen atoms in total. The summed E-state index contributed by atoms with van der Waals surface area (Å²) < 4.78 is 24.4. The van der Waals surface area contributed by atoms with Gasteiger partial charge in [0.1, 0.15) is 0 Å². The maximum absolute atomic E-state index is 11.4. The van der Waals surface area contributed by atoms with Crippen molar-refractivity contribution in [2.24, 2.45) is 0 Å². The van der Waals surface area contributed by atoms with E-state index in [1.807, 2.05) is 18.2 Å². The van der Waals surface area contributed by atoms with Gasteiger partial charge < -0.3 is 5.32 Å². The Morgan fingerprint density at radius 3 is 2.50 bits per heavy atom. The first kappa shape index (κ1) is 15.2. The van der Waals surface area contributed by atoms with Gasteiger partial charge in [-0.05, 0) is 18.4 Å². The lowest BCUT2D eigenvalue weighted by Gasteiger charge is -2.30. The van der Waals surface area contributed by atoms with Crippen LogP contribution in [0.5, 0.6) is 0 Å². The number of hydrogen-bond acceptors (Lipinski definition) is 3. The quantitative estimate of drug-likeness (QED) is 0.899. The molecule has 0 aliphatic carbocycles. The molecule has 1 saturated heterocycles. The van der Waals surface area contributed by atoms with Crippen LogP contribution in [0, 0.1) is 0 Å². The summed E-state index contributed by atoms with van der Waals surface area (Å²) in [6.07, 6.45) is 7.25. The van der Waals surface area contributed by atoms with E-state index < -0.39 is 10.0 Å². The Balaban J connectivity index is 1.70. The maximum Gasteiger partial charge on any atom is 0.211 e. The summed E-state index contributed by atoms with van der Waals surface area (Å²) in [5.41, 5.74) is 1.20. The minimum atomic E-state index is -3.02. The summed E-state index contributed by atoms with van der Waals surface area (Å²) in [6.45, 7) is 2.07. The largest absolute Gasteiger partial charge is 0.310 e. The van der Waals surface area contributed by atoms with Crippen LogP contribution in [-0.4, -0.2) is 44.7 Å². The van der Waals surface area contributed by atoms with Crippen LogP contribution in [0.25, 0.3) is 6.08 Å². The standard InChI is InChI=1S/C15H22N2O2S/c1-20(18,19)17-12-9-15(10-13-17)16-11-5-8-14-6-3-2-4-7-14/h2-8,15-16H,9-13H2,1H3. The fraction of sp³-hybridized carbons (Fsp3) is 0.467. The van der Waals surface area contributed by atoms with E-state index in [-0.39, 0.29) is 0 Å². The third-order valence-corrected chi connectivity index (χ3v) is 4.86. The van der Waals surface area contributed by atoms with Gasteiger partial charge in [-0.15, -0.1) is 0 Å². The van der Waals surface area contributed by atoms with Gasteiger partial charge in [0.2, 0.25) is 10.0 Å². The molecule has 0 spiro atoms. The van der Waals surface area contributed by atoms with Crippen molar-refractivity contribution in [3.8, 4) is 0 Å². The van der Waals surface area contributed by atoms with Crippen molar-refractivity contribution in [2.45, 2.75) is 18.9 Å². The summed E-state index contributed by atoms with van der Waals surface area (Å²) in [5.74, 6) is 0. The first-order valence-electron chi connectivity index (χ1n) is 6.96. The maximum atomic E-state index is 11.4. The van der Waals surface area contributed by atoms with Crippen LogP contribution in [0.1, 0.15) is 18.4 Å². The van der Waals surface area contributed by atoms with E-state index in [0.29, 0.717) is 19.1 Å². The average molecular weight is 294 g/mol. The molecule has 1 aliphatic rings. The Kier molecular flexibility index (Phi) is 5.34.